The number of carbonyl (C=O) groups excluding carboxylic acids is 2. The van der Waals surface area contributed by atoms with Crippen LogP contribution in [0.1, 0.15) is 61.1 Å². The molecular weight excluding hydrogens is 442 g/mol. The lowest BCUT2D eigenvalue weighted by molar-refractivity contribution is -0.133. The highest BCUT2D eigenvalue weighted by Crippen LogP contribution is 2.13. The van der Waals surface area contributed by atoms with Crippen LogP contribution in [0.4, 0.5) is 0 Å². The van der Waals surface area contributed by atoms with Crippen molar-refractivity contribution in [1.82, 2.24) is 14.4 Å². The van der Waals surface area contributed by atoms with Crippen molar-refractivity contribution in [2.24, 2.45) is 7.05 Å². The molecule has 1 aromatic carbocycles. The van der Waals surface area contributed by atoms with Crippen molar-refractivity contribution in [3.63, 3.8) is 0 Å². The van der Waals surface area contributed by atoms with Crippen LogP contribution in [0.3, 0.4) is 0 Å². The average molecular weight is 486 g/mol. The number of carbonyl (C=O) groups is 2. The number of nitrogens with zero attached hydrogens (tertiary/aromatic N) is 3. The Morgan fingerprint density at radius 2 is 1.71 bits per heavy atom. The van der Waals surface area contributed by atoms with Crippen molar-refractivity contribution in [3.05, 3.63) is 59.4 Å². The Labute approximate surface area is 211 Å². The Kier molecular flexibility index (Phi) is 13.2. The van der Waals surface area contributed by atoms with Crippen LogP contribution in [0.2, 0.25) is 0 Å². The normalized spacial score (nSPS) is 11.0. The zero-order valence-corrected chi connectivity index (χ0v) is 22.0. The summed E-state index contributed by atoms with van der Waals surface area (Å²) < 4.78 is 12.7. The molecule has 0 spiro atoms. The zero-order valence-electron chi connectivity index (χ0n) is 22.0. The van der Waals surface area contributed by atoms with Crippen molar-refractivity contribution in [2.75, 3.05) is 46.6 Å². The number of benzene rings is 1. The van der Waals surface area contributed by atoms with Crippen molar-refractivity contribution in [2.45, 2.75) is 52.5 Å². The number of ether oxygens (including phenoxy) is 2. The lowest BCUT2D eigenvalue weighted by Crippen LogP contribution is -2.44. The summed E-state index contributed by atoms with van der Waals surface area (Å²) in [5, 5.41) is 0. The van der Waals surface area contributed by atoms with Crippen LogP contribution < -0.4 is 0 Å². The molecule has 194 valence electrons. The Morgan fingerprint density at radius 1 is 0.943 bits per heavy atom. The molecule has 2 rings (SSSR count). The standard InChI is InChI=1S/C28H43N3O4/c1-5-7-8-11-24-13-15-25(16-14-24)28(33)31(18-10-20-35-6-2)23-27(32)30(19-21-34-4)22-26-12-9-17-29(26)3/h9,12-17H,5-8,10-11,18-23H2,1-4H3. The number of rotatable bonds is 17. The average Bonchev–Trinajstić information content (AvgIpc) is 3.27. The van der Waals surface area contributed by atoms with E-state index in [9.17, 15) is 9.59 Å². The van der Waals surface area contributed by atoms with Crippen LogP contribution in [0.5, 0.6) is 0 Å². The first-order valence-electron chi connectivity index (χ1n) is 12.8. The second kappa shape index (κ2) is 16.1. The van der Waals surface area contributed by atoms with Gasteiger partial charge in [-0.05, 0) is 56.0 Å². The summed E-state index contributed by atoms with van der Waals surface area (Å²) in [5.74, 6) is -0.218. The molecule has 0 fully saturated rings. The summed E-state index contributed by atoms with van der Waals surface area (Å²) in [4.78, 5) is 30.2. The molecule has 0 bridgehead atoms. The summed E-state index contributed by atoms with van der Waals surface area (Å²) in [6, 6.07) is 11.8. The number of hydrogen-bond donors (Lipinski definition) is 0. The van der Waals surface area contributed by atoms with Crippen LogP contribution in [0, 0.1) is 0 Å². The maximum atomic E-state index is 13.4. The molecule has 1 heterocycles. The Hall–Kier alpha value is -2.64. The first-order valence-corrected chi connectivity index (χ1v) is 12.8. The maximum absolute atomic E-state index is 13.4. The first kappa shape index (κ1) is 28.6. The van der Waals surface area contributed by atoms with Gasteiger partial charge in [-0.25, -0.2) is 0 Å². The minimum atomic E-state index is -0.125. The fourth-order valence-electron chi connectivity index (χ4n) is 3.94. The second-order valence-corrected chi connectivity index (χ2v) is 8.85. The van der Waals surface area contributed by atoms with E-state index < -0.39 is 0 Å². The van der Waals surface area contributed by atoms with E-state index >= 15 is 0 Å². The van der Waals surface area contributed by atoms with Crippen molar-refractivity contribution < 1.29 is 19.1 Å². The van der Waals surface area contributed by atoms with Gasteiger partial charge in [0.2, 0.25) is 5.91 Å². The number of amides is 2. The first-order chi connectivity index (χ1) is 17.0. The molecular formula is C28H43N3O4. The predicted molar refractivity (Wildman–Crippen MR) is 139 cm³/mol. The molecule has 7 nitrogen and oxygen atoms in total. The Bertz CT molecular complexity index is 879. The van der Waals surface area contributed by atoms with Crippen molar-refractivity contribution in [1.29, 1.82) is 0 Å². The largest absolute Gasteiger partial charge is 0.383 e. The SMILES string of the molecule is CCCCCc1ccc(C(=O)N(CCCOCC)CC(=O)N(CCOC)Cc2cccn2C)cc1. The molecule has 35 heavy (non-hydrogen) atoms. The van der Waals surface area contributed by atoms with Gasteiger partial charge < -0.3 is 23.8 Å². The van der Waals surface area contributed by atoms with Gasteiger partial charge in [-0.3, -0.25) is 9.59 Å². The summed E-state index contributed by atoms with van der Waals surface area (Å²) in [7, 11) is 3.59. The van der Waals surface area contributed by atoms with Crippen LogP contribution in [0.25, 0.3) is 0 Å². The van der Waals surface area contributed by atoms with Gasteiger partial charge in [0.05, 0.1) is 13.2 Å². The van der Waals surface area contributed by atoms with E-state index in [0.717, 1.165) is 18.5 Å². The molecule has 0 saturated heterocycles. The molecule has 0 unspecified atom stereocenters. The van der Waals surface area contributed by atoms with E-state index in [-0.39, 0.29) is 18.4 Å². The minimum Gasteiger partial charge on any atom is -0.383 e. The third-order valence-corrected chi connectivity index (χ3v) is 6.13. The van der Waals surface area contributed by atoms with Crippen LogP contribution in [0.15, 0.2) is 42.6 Å². The highest BCUT2D eigenvalue weighted by atomic mass is 16.5. The van der Waals surface area contributed by atoms with E-state index in [4.69, 9.17) is 9.47 Å². The van der Waals surface area contributed by atoms with Gasteiger partial charge in [0, 0.05) is 57.9 Å². The zero-order chi connectivity index (χ0) is 25.5. The highest BCUT2D eigenvalue weighted by molar-refractivity contribution is 5.96. The topological polar surface area (TPSA) is 64.0 Å². The van der Waals surface area contributed by atoms with E-state index in [1.807, 2.05) is 61.1 Å². The van der Waals surface area contributed by atoms with Crippen molar-refractivity contribution >= 4 is 11.8 Å². The third-order valence-electron chi connectivity index (χ3n) is 6.13. The summed E-state index contributed by atoms with van der Waals surface area (Å²) in [6.07, 6.45) is 7.21. The smallest absolute Gasteiger partial charge is 0.254 e. The van der Waals surface area contributed by atoms with Gasteiger partial charge in [-0.2, -0.15) is 0 Å². The molecule has 1 aromatic heterocycles. The second-order valence-electron chi connectivity index (χ2n) is 8.85. The highest BCUT2D eigenvalue weighted by Gasteiger charge is 2.23. The van der Waals surface area contributed by atoms with E-state index in [1.54, 1.807) is 16.9 Å². The van der Waals surface area contributed by atoms with Gasteiger partial charge in [-0.15, -0.1) is 0 Å². The molecule has 0 radical (unpaired) electrons. The Morgan fingerprint density at radius 3 is 2.34 bits per heavy atom. The number of aromatic nitrogens is 1. The van der Waals surface area contributed by atoms with Crippen LogP contribution >= 0.6 is 0 Å². The molecule has 0 N–H and O–H groups in total. The molecule has 2 amide bonds. The quantitative estimate of drug-likeness (QED) is 0.313. The fourth-order valence-corrected chi connectivity index (χ4v) is 3.94. The number of methoxy groups -OCH3 is 1. The van der Waals surface area contributed by atoms with Gasteiger partial charge in [0.1, 0.15) is 6.54 Å². The minimum absolute atomic E-state index is 0.0251. The van der Waals surface area contributed by atoms with Gasteiger partial charge >= 0.3 is 0 Å². The van der Waals surface area contributed by atoms with E-state index in [0.29, 0.717) is 51.4 Å². The fraction of sp³-hybridized carbons (Fsp3) is 0.571. The van der Waals surface area contributed by atoms with Crippen LogP contribution in [-0.4, -0.2) is 72.7 Å². The summed E-state index contributed by atoms with van der Waals surface area (Å²) in [5.41, 5.74) is 2.88. The third kappa shape index (κ3) is 9.86. The monoisotopic (exact) mass is 485 g/mol. The van der Waals surface area contributed by atoms with E-state index in [1.165, 1.54) is 18.4 Å². The number of hydrogen-bond acceptors (Lipinski definition) is 4. The van der Waals surface area contributed by atoms with Gasteiger partial charge in [0.25, 0.3) is 5.91 Å². The lowest BCUT2D eigenvalue weighted by atomic mass is 10.0. The molecule has 0 aliphatic carbocycles. The molecule has 0 saturated carbocycles. The molecule has 0 atom stereocenters. The van der Waals surface area contributed by atoms with E-state index in [2.05, 4.69) is 6.92 Å². The lowest BCUT2D eigenvalue weighted by Gasteiger charge is -2.28. The maximum Gasteiger partial charge on any atom is 0.254 e. The molecule has 0 aliphatic rings. The van der Waals surface area contributed by atoms with Gasteiger partial charge in [0.15, 0.2) is 0 Å². The molecule has 0 aliphatic heterocycles. The predicted octanol–water partition coefficient (Wildman–Crippen LogP) is 4.30. The van der Waals surface area contributed by atoms with Gasteiger partial charge in [-0.1, -0.05) is 31.9 Å². The Balaban J connectivity index is 2.12. The summed E-state index contributed by atoms with van der Waals surface area (Å²) in [6.45, 7) is 7.20. The molecule has 7 heteroatoms. The summed E-state index contributed by atoms with van der Waals surface area (Å²) >= 11 is 0. The molecule has 2 aromatic rings. The van der Waals surface area contributed by atoms with Crippen molar-refractivity contribution in [3.8, 4) is 0 Å². The number of aryl methyl sites for hydroxylation is 2. The van der Waals surface area contributed by atoms with Crippen LogP contribution in [-0.2, 0) is 34.3 Å². The number of unbranched alkanes of at least 4 members (excludes halogenated alkanes) is 2.